The van der Waals surface area contributed by atoms with Crippen molar-refractivity contribution in [3.63, 3.8) is 0 Å². The Morgan fingerprint density at radius 1 is 1.80 bits per heavy atom. The third-order valence-corrected chi connectivity index (χ3v) is 2.89. The lowest BCUT2D eigenvalue weighted by atomic mass is 9.95. The summed E-state index contributed by atoms with van der Waals surface area (Å²) < 4.78 is 1.83. The van der Waals surface area contributed by atoms with Gasteiger partial charge < -0.3 is 10.4 Å². The second-order valence-corrected chi connectivity index (χ2v) is 3.79. The quantitative estimate of drug-likeness (QED) is 0.757. The zero-order valence-electron chi connectivity index (χ0n) is 8.68. The normalized spacial score (nSPS) is 25.7. The fourth-order valence-electron chi connectivity index (χ4n) is 2.07. The molecule has 0 aromatic carbocycles. The fraction of sp³-hybridized carbons (Fsp3) is 0.600. The predicted molar refractivity (Wildman–Crippen MR) is 54.7 cm³/mol. The summed E-state index contributed by atoms with van der Waals surface area (Å²) in [7, 11) is 0. The molecule has 1 fully saturated rings. The van der Waals surface area contributed by atoms with Gasteiger partial charge in [0, 0.05) is 18.7 Å². The minimum Gasteiger partial charge on any atom is -0.480 e. The lowest BCUT2D eigenvalue weighted by molar-refractivity contribution is -0.139. The van der Waals surface area contributed by atoms with Crippen LogP contribution in [-0.4, -0.2) is 33.4 Å². The van der Waals surface area contributed by atoms with E-state index in [4.69, 9.17) is 5.11 Å². The first-order valence-electron chi connectivity index (χ1n) is 5.21. The Kier molecular flexibility index (Phi) is 2.73. The topological polar surface area (TPSA) is 67.2 Å². The highest BCUT2D eigenvalue weighted by atomic mass is 16.4. The molecule has 15 heavy (non-hydrogen) atoms. The van der Waals surface area contributed by atoms with Gasteiger partial charge >= 0.3 is 5.97 Å². The molecule has 5 heteroatoms. The van der Waals surface area contributed by atoms with Gasteiger partial charge in [-0.1, -0.05) is 0 Å². The molecule has 2 rings (SSSR count). The molecule has 2 atom stereocenters. The van der Waals surface area contributed by atoms with E-state index in [1.165, 1.54) is 0 Å². The molecule has 0 spiro atoms. The first-order valence-corrected chi connectivity index (χ1v) is 5.21. The number of hydrogen-bond donors (Lipinski definition) is 2. The van der Waals surface area contributed by atoms with Crippen molar-refractivity contribution in [2.45, 2.75) is 31.8 Å². The summed E-state index contributed by atoms with van der Waals surface area (Å²) in [4.78, 5) is 11.0. The Morgan fingerprint density at radius 3 is 3.20 bits per heavy atom. The maximum absolute atomic E-state index is 11.0. The smallest absolute Gasteiger partial charge is 0.321 e. The third-order valence-electron chi connectivity index (χ3n) is 2.89. The summed E-state index contributed by atoms with van der Waals surface area (Å²) >= 11 is 0. The third kappa shape index (κ3) is 1.87. The van der Waals surface area contributed by atoms with E-state index in [0.717, 1.165) is 25.1 Å². The lowest BCUT2D eigenvalue weighted by Gasteiger charge is -2.12. The van der Waals surface area contributed by atoms with Gasteiger partial charge in [-0.15, -0.1) is 0 Å². The van der Waals surface area contributed by atoms with Crippen LogP contribution >= 0.6 is 0 Å². The van der Waals surface area contributed by atoms with Crippen molar-refractivity contribution >= 4 is 5.97 Å². The fourth-order valence-corrected chi connectivity index (χ4v) is 2.07. The van der Waals surface area contributed by atoms with Crippen LogP contribution in [0, 0.1) is 0 Å². The molecule has 2 N–H and O–H groups in total. The van der Waals surface area contributed by atoms with Gasteiger partial charge in [0.2, 0.25) is 0 Å². The standard InChI is InChI=1S/C10H15N3O2/c1-2-13-6-7(5-12-13)8-3-4-11-9(8)10(14)15/h5-6,8-9,11H,2-4H2,1H3,(H,14,15). The molecule has 0 radical (unpaired) electrons. The summed E-state index contributed by atoms with van der Waals surface area (Å²) in [5, 5.41) is 16.2. The Balaban J connectivity index is 2.18. The van der Waals surface area contributed by atoms with Crippen LogP contribution in [0.3, 0.4) is 0 Å². The van der Waals surface area contributed by atoms with Crippen molar-refractivity contribution in [1.82, 2.24) is 15.1 Å². The number of carboxylic acids is 1. The van der Waals surface area contributed by atoms with Crippen molar-refractivity contribution in [3.05, 3.63) is 18.0 Å². The van der Waals surface area contributed by atoms with Gasteiger partial charge in [0.25, 0.3) is 0 Å². The van der Waals surface area contributed by atoms with Gasteiger partial charge in [0.15, 0.2) is 0 Å². The molecule has 0 amide bonds. The van der Waals surface area contributed by atoms with Gasteiger partial charge in [-0.2, -0.15) is 5.10 Å². The van der Waals surface area contributed by atoms with Gasteiger partial charge in [-0.05, 0) is 25.5 Å². The maximum atomic E-state index is 11.0. The predicted octanol–water partition coefficient (Wildman–Crippen LogP) is 0.433. The average molecular weight is 209 g/mol. The highest BCUT2D eigenvalue weighted by molar-refractivity contribution is 5.75. The van der Waals surface area contributed by atoms with Crippen molar-refractivity contribution < 1.29 is 9.90 Å². The van der Waals surface area contributed by atoms with Gasteiger partial charge in [-0.25, -0.2) is 0 Å². The molecule has 1 aromatic heterocycles. The largest absolute Gasteiger partial charge is 0.480 e. The van der Waals surface area contributed by atoms with E-state index in [9.17, 15) is 4.79 Å². The van der Waals surface area contributed by atoms with Crippen LogP contribution in [0.15, 0.2) is 12.4 Å². The number of carboxylic acid groups (broad SMARTS) is 1. The monoisotopic (exact) mass is 209 g/mol. The Morgan fingerprint density at radius 2 is 2.60 bits per heavy atom. The van der Waals surface area contributed by atoms with E-state index in [-0.39, 0.29) is 5.92 Å². The second-order valence-electron chi connectivity index (χ2n) is 3.79. The number of nitrogens with one attached hydrogen (secondary N) is 1. The number of aryl methyl sites for hydroxylation is 1. The molecule has 0 bridgehead atoms. The molecule has 1 aromatic rings. The van der Waals surface area contributed by atoms with E-state index in [2.05, 4.69) is 10.4 Å². The van der Waals surface area contributed by atoms with Crippen molar-refractivity contribution in [2.75, 3.05) is 6.54 Å². The number of carbonyl (C=O) groups is 1. The van der Waals surface area contributed by atoms with E-state index < -0.39 is 12.0 Å². The Bertz CT molecular complexity index is 361. The van der Waals surface area contributed by atoms with Crippen LogP contribution in [0.2, 0.25) is 0 Å². The number of aromatic nitrogens is 2. The summed E-state index contributed by atoms with van der Waals surface area (Å²) in [5.74, 6) is -0.718. The molecule has 1 aliphatic heterocycles. The van der Waals surface area contributed by atoms with Crippen LogP contribution in [0.25, 0.3) is 0 Å². The molecule has 0 saturated carbocycles. The number of rotatable bonds is 3. The molecule has 2 heterocycles. The molecular formula is C10H15N3O2. The van der Waals surface area contributed by atoms with Crippen LogP contribution in [0.1, 0.15) is 24.8 Å². The van der Waals surface area contributed by atoms with Crippen LogP contribution in [0.5, 0.6) is 0 Å². The lowest BCUT2D eigenvalue weighted by Crippen LogP contribution is -2.34. The summed E-state index contributed by atoms with van der Waals surface area (Å²) in [5.41, 5.74) is 1.02. The van der Waals surface area contributed by atoms with Crippen LogP contribution in [0.4, 0.5) is 0 Å². The summed E-state index contributed by atoms with van der Waals surface area (Å²) in [6.07, 6.45) is 4.58. The highest BCUT2D eigenvalue weighted by Gasteiger charge is 2.34. The number of nitrogens with zero attached hydrogens (tertiary/aromatic N) is 2. The first-order chi connectivity index (χ1) is 7.22. The Hall–Kier alpha value is -1.36. The zero-order valence-corrected chi connectivity index (χ0v) is 8.68. The van der Waals surface area contributed by atoms with E-state index in [1.807, 2.05) is 17.8 Å². The van der Waals surface area contributed by atoms with Gasteiger partial charge in [0.05, 0.1) is 6.20 Å². The minimum absolute atomic E-state index is 0.0581. The SMILES string of the molecule is CCn1cc(C2CCNC2C(=O)O)cn1. The van der Waals surface area contributed by atoms with Crippen molar-refractivity contribution in [2.24, 2.45) is 0 Å². The van der Waals surface area contributed by atoms with E-state index in [0.29, 0.717) is 0 Å². The van der Waals surface area contributed by atoms with E-state index in [1.54, 1.807) is 6.20 Å². The Labute approximate surface area is 88.1 Å². The van der Waals surface area contributed by atoms with E-state index >= 15 is 0 Å². The van der Waals surface area contributed by atoms with Crippen LogP contribution in [-0.2, 0) is 11.3 Å². The molecule has 1 saturated heterocycles. The second kappa shape index (κ2) is 4.02. The van der Waals surface area contributed by atoms with Crippen LogP contribution < -0.4 is 5.32 Å². The average Bonchev–Trinajstić information content (AvgIpc) is 2.85. The minimum atomic E-state index is -0.776. The summed E-state index contributed by atoms with van der Waals surface area (Å²) in [6, 6.07) is -0.459. The molecule has 5 nitrogen and oxygen atoms in total. The number of aliphatic carboxylic acids is 1. The number of hydrogen-bond acceptors (Lipinski definition) is 3. The first kappa shape index (κ1) is 10.2. The maximum Gasteiger partial charge on any atom is 0.321 e. The molecule has 2 unspecified atom stereocenters. The highest BCUT2D eigenvalue weighted by Crippen LogP contribution is 2.27. The van der Waals surface area contributed by atoms with Crippen molar-refractivity contribution in [3.8, 4) is 0 Å². The zero-order chi connectivity index (χ0) is 10.8. The molecule has 82 valence electrons. The molecule has 0 aliphatic carbocycles. The molecular weight excluding hydrogens is 194 g/mol. The van der Waals surface area contributed by atoms with Gasteiger partial charge in [-0.3, -0.25) is 9.48 Å². The molecule has 1 aliphatic rings. The van der Waals surface area contributed by atoms with Crippen molar-refractivity contribution in [1.29, 1.82) is 0 Å². The van der Waals surface area contributed by atoms with Gasteiger partial charge in [0.1, 0.15) is 6.04 Å². The summed E-state index contributed by atoms with van der Waals surface area (Å²) in [6.45, 7) is 3.59.